The van der Waals surface area contributed by atoms with Crippen molar-refractivity contribution in [1.82, 2.24) is 5.32 Å². The molecule has 0 fully saturated rings. The molecule has 6 heteroatoms. The first kappa shape index (κ1) is 16.8. The Kier molecular flexibility index (Phi) is 6.52. The molecular formula is C15H22N2O4. The lowest BCUT2D eigenvalue weighted by Gasteiger charge is -2.19. The molecule has 0 aliphatic heterocycles. The first-order valence-corrected chi connectivity index (χ1v) is 6.92. The molecule has 0 bridgehead atoms. The van der Waals surface area contributed by atoms with Crippen molar-refractivity contribution in [3.8, 4) is 5.75 Å². The number of urea groups is 1. The quantitative estimate of drug-likeness (QED) is 0.720. The summed E-state index contributed by atoms with van der Waals surface area (Å²) in [5.74, 6) is -0.448. The third-order valence-corrected chi connectivity index (χ3v) is 3.29. The summed E-state index contributed by atoms with van der Waals surface area (Å²) in [6.45, 7) is 2.46. The zero-order valence-electron chi connectivity index (χ0n) is 12.4. The highest BCUT2D eigenvalue weighted by atomic mass is 16.4. The first-order chi connectivity index (χ1) is 9.90. The van der Waals surface area contributed by atoms with Crippen LogP contribution in [-0.4, -0.2) is 35.8 Å². The number of rotatable bonds is 7. The second-order valence-electron chi connectivity index (χ2n) is 5.14. The second kappa shape index (κ2) is 8.14. The van der Waals surface area contributed by atoms with Gasteiger partial charge in [0.1, 0.15) is 5.75 Å². The van der Waals surface area contributed by atoms with Gasteiger partial charge in [0.15, 0.2) is 0 Å². The predicted octanol–water partition coefficient (Wildman–Crippen LogP) is 2.43. The van der Waals surface area contributed by atoms with E-state index >= 15 is 0 Å². The smallest absolute Gasteiger partial charge is 0.321 e. The summed E-state index contributed by atoms with van der Waals surface area (Å²) in [6, 6.07) is 6.19. The van der Waals surface area contributed by atoms with E-state index in [4.69, 9.17) is 5.11 Å². The van der Waals surface area contributed by atoms with Crippen molar-refractivity contribution in [1.29, 1.82) is 0 Å². The normalized spacial score (nSPS) is 11.7. The molecule has 2 amide bonds. The summed E-state index contributed by atoms with van der Waals surface area (Å²) < 4.78 is 0. The molecule has 0 aliphatic carbocycles. The molecule has 1 rings (SSSR count). The van der Waals surface area contributed by atoms with Crippen molar-refractivity contribution in [2.75, 3.05) is 18.5 Å². The van der Waals surface area contributed by atoms with Gasteiger partial charge in [-0.2, -0.15) is 0 Å². The second-order valence-corrected chi connectivity index (χ2v) is 5.14. The van der Waals surface area contributed by atoms with Crippen LogP contribution in [-0.2, 0) is 4.79 Å². The van der Waals surface area contributed by atoms with Gasteiger partial charge < -0.3 is 15.5 Å². The van der Waals surface area contributed by atoms with E-state index < -0.39 is 5.97 Å². The van der Waals surface area contributed by atoms with Gasteiger partial charge in [0.2, 0.25) is 0 Å². The maximum atomic E-state index is 11.9. The van der Waals surface area contributed by atoms with Gasteiger partial charge in [-0.05, 0) is 30.9 Å². The summed E-state index contributed by atoms with van der Waals surface area (Å²) in [5.41, 5.74) is 0.603. The van der Waals surface area contributed by atoms with Gasteiger partial charge in [0.25, 0.3) is 0 Å². The molecular weight excluding hydrogens is 272 g/mol. The molecule has 0 saturated carbocycles. The van der Waals surface area contributed by atoms with Gasteiger partial charge in [0.05, 0.1) is 0 Å². The van der Waals surface area contributed by atoms with E-state index in [0.717, 1.165) is 6.42 Å². The third kappa shape index (κ3) is 6.16. The first-order valence-electron chi connectivity index (χ1n) is 6.92. The van der Waals surface area contributed by atoms with Crippen LogP contribution in [0.15, 0.2) is 24.3 Å². The van der Waals surface area contributed by atoms with Crippen LogP contribution in [0.1, 0.15) is 26.2 Å². The minimum absolute atomic E-state index is 0.106. The number of nitrogens with zero attached hydrogens (tertiary/aromatic N) is 1. The number of carboxylic acid groups (broad SMARTS) is 1. The van der Waals surface area contributed by atoms with Crippen LogP contribution in [0.5, 0.6) is 5.75 Å². The number of aromatic hydroxyl groups is 1. The van der Waals surface area contributed by atoms with E-state index in [1.165, 1.54) is 11.0 Å². The third-order valence-electron chi connectivity index (χ3n) is 3.29. The summed E-state index contributed by atoms with van der Waals surface area (Å²) in [5, 5.41) is 20.8. The summed E-state index contributed by atoms with van der Waals surface area (Å²) in [7, 11) is 1.62. The number of carboxylic acids is 1. The Balaban J connectivity index is 2.35. The molecule has 1 unspecified atom stereocenters. The SMILES string of the molecule is CC(CCNC(=O)N(C)c1cccc(O)c1)CCC(=O)O. The number of nitrogens with one attached hydrogen (secondary N) is 1. The standard InChI is InChI=1S/C15H22N2O4/c1-11(6-7-14(19)20)8-9-16-15(21)17(2)12-4-3-5-13(18)10-12/h3-5,10-11,18H,6-9H2,1-2H3,(H,16,21)(H,19,20). The molecule has 116 valence electrons. The fraction of sp³-hybridized carbons (Fsp3) is 0.467. The maximum absolute atomic E-state index is 11.9. The zero-order chi connectivity index (χ0) is 15.8. The van der Waals surface area contributed by atoms with Gasteiger partial charge in [-0.1, -0.05) is 13.0 Å². The molecule has 0 aliphatic rings. The van der Waals surface area contributed by atoms with E-state index in [9.17, 15) is 14.7 Å². The number of phenols is 1. The zero-order valence-corrected chi connectivity index (χ0v) is 12.4. The van der Waals surface area contributed by atoms with Crippen LogP contribution in [0, 0.1) is 5.92 Å². The Morgan fingerprint density at radius 2 is 2.05 bits per heavy atom. The van der Waals surface area contributed by atoms with E-state index in [1.807, 2.05) is 6.92 Å². The summed E-state index contributed by atoms with van der Waals surface area (Å²) >= 11 is 0. The molecule has 0 aromatic heterocycles. The fourth-order valence-corrected chi connectivity index (χ4v) is 1.88. The van der Waals surface area contributed by atoms with E-state index in [0.29, 0.717) is 18.7 Å². The molecule has 1 atom stereocenters. The molecule has 0 heterocycles. The number of phenolic OH excluding ortho intramolecular Hbond substituents is 1. The average molecular weight is 294 g/mol. The summed E-state index contributed by atoms with van der Waals surface area (Å²) in [4.78, 5) is 23.8. The number of anilines is 1. The van der Waals surface area contributed by atoms with Gasteiger partial charge in [-0.3, -0.25) is 9.69 Å². The van der Waals surface area contributed by atoms with Gasteiger partial charge in [-0.25, -0.2) is 4.79 Å². The fourth-order valence-electron chi connectivity index (χ4n) is 1.88. The van der Waals surface area contributed by atoms with E-state index in [2.05, 4.69) is 5.32 Å². The van der Waals surface area contributed by atoms with Crippen molar-refractivity contribution < 1.29 is 19.8 Å². The van der Waals surface area contributed by atoms with Crippen LogP contribution >= 0.6 is 0 Å². The van der Waals surface area contributed by atoms with Crippen LogP contribution in [0.2, 0.25) is 0 Å². The molecule has 0 spiro atoms. The Morgan fingerprint density at radius 1 is 1.33 bits per heavy atom. The van der Waals surface area contributed by atoms with Crippen molar-refractivity contribution in [3.63, 3.8) is 0 Å². The minimum Gasteiger partial charge on any atom is -0.508 e. The Morgan fingerprint density at radius 3 is 2.67 bits per heavy atom. The van der Waals surface area contributed by atoms with E-state index in [1.54, 1.807) is 25.2 Å². The topological polar surface area (TPSA) is 89.9 Å². The summed E-state index contributed by atoms with van der Waals surface area (Å²) in [6.07, 6.45) is 1.48. The molecule has 0 saturated heterocycles. The molecule has 6 nitrogen and oxygen atoms in total. The highest BCUT2D eigenvalue weighted by Crippen LogP contribution is 2.18. The molecule has 0 radical (unpaired) electrons. The molecule has 21 heavy (non-hydrogen) atoms. The monoisotopic (exact) mass is 294 g/mol. The molecule has 1 aromatic carbocycles. The van der Waals surface area contributed by atoms with E-state index in [-0.39, 0.29) is 24.1 Å². The molecule has 3 N–H and O–H groups in total. The highest BCUT2D eigenvalue weighted by molar-refractivity contribution is 5.91. The van der Waals surface area contributed by atoms with Gasteiger partial charge in [0, 0.05) is 31.8 Å². The number of carbonyl (C=O) groups is 2. The van der Waals surface area contributed by atoms with Crippen LogP contribution in [0.3, 0.4) is 0 Å². The van der Waals surface area contributed by atoms with Crippen molar-refractivity contribution >= 4 is 17.7 Å². The number of hydrogen-bond acceptors (Lipinski definition) is 3. The minimum atomic E-state index is -0.797. The predicted molar refractivity (Wildman–Crippen MR) is 80.6 cm³/mol. The van der Waals surface area contributed by atoms with Crippen LogP contribution in [0.4, 0.5) is 10.5 Å². The van der Waals surface area contributed by atoms with Crippen molar-refractivity contribution in [2.24, 2.45) is 5.92 Å². The Hall–Kier alpha value is -2.24. The van der Waals surface area contributed by atoms with Crippen molar-refractivity contribution in [3.05, 3.63) is 24.3 Å². The number of aliphatic carboxylic acids is 1. The lowest BCUT2D eigenvalue weighted by atomic mass is 10.0. The lowest BCUT2D eigenvalue weighted by molar-refractivity contribution is -0.137. The maximum Gasteiger partial charge on any atom is 0.321 e. The van der Waals surface area contributed by atoms with Gasteiger partial charge in [-0.15, -0.1) is 0 Å². The van der Waals surface area contributed by atoms with Crippen molar-refractivity contribution in [2.45, 2.75) is 26.2 Å². The Labute approximate surface area is 124 Å². The number of carbonyl (C=O) groups excluding carboxylic acids is 1. The van der Waals surface area contributed by atoms with Crippen LogP contribution in [0.25, 0.3) is 0 Å². The number of amides is 2. The highest BCUT2D eigenvalue weighted by Gasteiger charge is 2.11. The Bertz CT molecular complexity index is 490. The van der Waals surface area contributed by atoms with Gasteiger partial charge >= 0.3 is 12.0 Å². The largest absolute Gasteiger partial charge is 0.508 e. The van der Waals surface area contributed by atoms with Crippen LogP contribution < -0.4 is 10.2 Å². The number of benzene rings is 1. The lowest BCUT2D eigenvalue weighted by Crippen LogP contribution is -2.38. The average Bonchev–Trinajstić information content (AvgIpc) is 2.44. The molecule has 1 aromatic rings. The number of hydrogen-bond donors (Lipinski definition) is 3.